The second-order valence-electron chi connectivity index (χ2n) is 7.36. The maximum atomic E-state index is 13.3. The van der Waals surface area contributed by atoms with Crippen LogP contribution < -0.4 is 0 Å². The van der Waals surface area contributed by atoms with Gasteiger partial charge >= 0.3 is 0 Å². The Morgan fingerprint density at radius 1 is 0.893 bits per heavy atom. The van der Waals surface area contributed by atoms with Crippen LogP contribution in [0.25, 0.3) is 0 Å². The molecule has 5 rings (SSSR count). The van der Waals surface area contributed by atoms with Crippen molar-refractivity contribution in [3.05, 3.63) is 82.3 Å². The van der Waals surface area contributed by atoms with Gasteiger partial charge in [0.25, 0.3) is 0 Å². The van der Waals surface area contributed by atoms with Gasteiger partial charge in [0.15, 0.2) is 17.3 Å². The van der Waals surface area contributed by atoms with Crippen molar-refractivity contribution in [2.75, 3.05) is 0 Å². The molecule has 0 amide bonds. The molecule has 138 valence electrons. The summed E-state index contributed by atoms with van der Waals surface area (Å²) in [7, 11) is 0. The highest BCUT2D eigenvalue weighted by atomic mass is 16.5. The highest BCUT2D eigenvalue weighted by Gasteiger charge is 2.47. The van der Waals surface area contributed by atoms with E-state index >= 15 is 0 Å². The molecular formula is C22H16N2O4. The first-order valence-electron chi connectivity index (χ1n) is 9.20. The SMILES string of the molecule is CC1CC(=O)C2=C(C1)OC1=C(C(=O)c3ccccc3C1=O)C2c1ncccn1. The lowest BCUT2D eigenvalue weighted by Gasteiger charge is -2.35. The summed E-state index contributed by atoms with van der Waals surface area (Å²) in [6.45, 7) is 1.96. The number of Topliss-reactive ketones (excluding diaryl/α,β-unsaturated/α-hetero) is 3. The minimum Gasteiger partial charge on any atom is -0.457 e. The molecular weight excluding hydrogens is 356 g/mol. The van der Waals surface area contributed by atoms with Gasteiger partial charge in [0.05, 0.1) is 11.5 Å². The average Bonchev–Trinajstić information content (AvgIpc) is 2.71. The summed E-state index contributed by atoms with van der Waals surface area (Å²) in [5, 5.41) is 0. The molecule has 6 heteroatoms. The smallest absolute Gasteiger partial charge is 0.229 e. The van der Waals surface area contributed by atoms with Crippen molar-refractivity contribution < 1.29 is 19.1 Å². The number of fused-ring (bicyclic) bond motifs is 1. The second kappa shape index (κ2) is 6.05. The number of hydrogen-bond acceptors (Lipinski definition) is 6. The van der Waals surface area contributed by atoms with E-state index in [0.29, 0.717) is 41.1 Å². The highest BCUT2D eigenvalue weighted by Crippen LogP contribution is 2.47. The number of nitrogens with zero attached hydrogens (tertiary/aromatic N) is 2. The maximum absolute atomic E-state index is 13.3. The summed E-state index contributed by atoms with van der Waals surface area (Å²) in [5.74, 6) is -0.644. The predicted octanol–water partition coefficient (Wildman–Crippen LogP) is 3.18. The van der Waals surface area contributed by atoms with Gasteiger partial charge in [0.2, 0.25) is 5.78 Å². The minimum absolute atomic E-state index is 0.00167. The number of hydrogen-bond donors (Lipinski definition) is 0. The fourth-order valence-electron chi connectivity index (χ4n) is 4.22. The van der Waals surface area contributed by atoms with Crippen molar-refractivity contribution >= 4 is 17.3 Å². The number of benzene rings is 1. The molecule has 1 aromatic heterocycles. The van der Waals surface area contributed by atoms with Crippen LogP contribution in [-0.2, 0) is 9.53 Å². The molecule has 0 N–H and O–H groups in total. The minimum atomic E-state index is -0.787. The molecule has 0 fully saturated rings. The third kappa shape index (κ3) is 2.30. The summed E-state index contributed by atoms with van der Waals surface area (Å²) in [5.41, 5.74) is 1.20. The quantitative estimate of drug-likeness (QED) is 0.764. The molecule has 0 spiro atoms. The number of aromatic nitrogens is 2. The van der Waals surface area contributed by atoms with Crippen molar-refractivity contribution in [2.45, 2.75) is 25.7 Å². The summed E-state index contributed by atoms with van der Waals surface area (Å²) >= 11 is 0. The fourth-order valence-corrected chi connectivity index (χ4v) is 4.22. The molecule has 28 heavy (non-hydrogen) atoms. The third-order valence-electron chi connectivity index (χ3n) is 5.43. The van der Waals surface area contributed by atoms with Crippen LogP contribution in [0.3, 0.4) is 0 Å². The fraction of sp³-hybridized carbons (Fsp3) is 0.227. The van der Waals surface area contributed by atoms with Gasteiger partial charge in [-0.2, -0.15) is 0 Å². The van der Waals surface area contributed by atoms with E-state index in [-0.39, 0.29) is 34.6 Å². The number of ketones is 3. The third-order valence-corrected chi connectivity index (χ3v) is 5.43. The van der Waals surface area contributed by atoms with Gasteiger partial charge in [-0.25, -0.2) is 9.97 Å². The summed E-state index contributed by atoms with van der Waals surface area (Å²) in [4.78, 5) is 48.0. The first-order valence-corrected chi connectivity index (χ1v) is 9.20. The Bertz CT molecular complexity index is 1110. The van der Waals surface area contributed by atoms with Gasteiger partial charge in [-0.15, -0.1) is 0 Å². The molecule has 0 radical (unpaired) electrons. The lowest BCUT2D eigenvalue weighted by atomic mass is 9.72. The van der Waals surface area contributed by atoms with E-state index in [1.54, 1.807) is 42.7 Å². The zero-order valence-electron chi connectivity index (χ0n) is 15.1. The van der Waals surface area contributed by atoms with Crippen LogP contribution in [0.1, 0.15) is 52.2 Å². The molecule has 3 aliphatic rings. The molecule has 0 bridgehead atoms. The van der Waals surface area contributed by atoms with Gasteiger partial charge in [-0.1, -0.05) is 31.2 Å². The van der Waals surface area contributed by atoms with Crippen molar-refractivity contribution in [1.29, 1.82) is 0 Å². The molecule has 2 heterocycles. The van der Waals surface area contributed by atoms with E-state index in [1.807, 2.05) is 6.92 Å². The summed E-state index contributed by atoms with van der Waals surface area (Å²) in [6.07, 6.45) is 4.03. The molecule has 0 saturated heterocycles. The summed E-state index contributed by atoms with van der Waals surface area (Å²) in [6, 6.07) is 8.34. The van der Waals surface area contributed by atoms with Crippen molar-refractivity contribution in [3.63, 3.8) is 0 Å². The van der Waals surface area contributed by atoms with Crippen LogP contribution >= 0.6 is 0 Å². The first kappa shape index (κ1) is 16.7. The Kier molecular flexibility index (Phi) is 3.62. The van der Waals surface area contributed by atoms with Crippen LogP contribution in [0.2, 0.25) is 0 Å². The van der Waals surface area contributed by atoms with Crippen LogP contribution in [0.4, 0.5) is 0 Å². The summed E-state index contributed by atoms with van der Waals surface area (Å²) < 4.78 is 5.94. The largest absolute Gasteiger partial charge is 0.457 e. The van der Waals surface area contributed by atoms with E-state index in [1.165, 1.54) is 0 Å². The standard InChI is InChI=1S/C22H16N2O4/c1-11-9-14(25)16-15(10-11)28-21-18(17(16)22-23-7-4-8-24-22)19(26)12-5-2-3-6-13(12)20(21)27/h2-8,11,17H,9-10H2,1H3. The second-order valence-corrected chi connectivity index (χ2v) is 7.36. The van der Waals surface area contributed by atoms with Gasteiger partial charge in [-0.3, -0.25) is 14.4 Å². The van der Waals surface area contributed by atoms with Crippen molar-refractivity contribution in [3.8, 4) is 0 Å². The van der Waals surface area contributed by atoms with Gasteiger partial charge < -0.3 is 4.74 Å². The molecule has 2 unspecified atom stereocenters. The van der Waals surface area contributed by atoms with Crippen LogP contribution in [0, 0.1) is 5.92 Å². The molecule has 0 saturated carbocycles. The van der Waals surface area contributed by atoms with E-state index in [2.05, 4.69) is 9.97 Å². The molecule has 1 aromatic carbocycles. The van der Waals surface area contributed by atoms with E-state index in [9.17, 15) is 14.4 Å². The zero-order valence-corrected chi connectivity index (χ0v) is 15.1. The lowest BCUT2D eigenvalue weighted by Crippen LogP contribution is -2.35. The number of carbonyl (C=O) groups is 3. The molecule has 2 aliphatic carbocycles. The Morgan fingerprint density at radius 2 is 1.57 bits per heavy atom. The van der Waals surface area contributed by atoms with Crippen LogP contribution in [-0.4, -0.2) is 27.3 Å². The first-order chi connectivity index (χ1) is 13.6. The average molecular weight is 372 g/mol. The Morgan fingerprint density at radius 3 is 2.29 bits per heavy atom. The Labute approximate surface area is 161 Å². The maximum Gasteiger partial charge on any atom is 0.229 e. The topological polar surface area (TPSA) is 86.2 Å². The zero-order chi connectivity index (χ0) is 19.4. The Hall–Kier alpha value is -3.41. The molecule has 2 aromatic rings. The molecule has 2 atom stereocenters. The van der Waals surface area contributed by atoms with Gasteiger partial charge in [0, 0.05) is 41.9 Å². The predicted molar refractivity (Wildman–Crippen MR) is 98.4 cm³/mol. The van der Waals surface area contributed by atoms with Crippen LogP contribution in [0.15, 0.2) is 65.4 Å². The number of ether oxygens (including phenoxy) is 1. The van der Waals surface area contributed by atoms with E-state index in [0.717, 1.165) is 0 Å². The number of carbonyl (C=O) groups excluding carboxylic acids is 3. The Balaban J connectivity index is 1.77. The van der Waals surface area contributed by atoms with Crippen LogP contribution in [0.5, 0.6) is 0 Å². The number of allylic oxidation sites excluding steroid dienone is 4. The lowest BCUT2D eigenvalue weighted by molar-refractivity contribution is -0.117. The van der Waals surface area contributed by atoms with Gasteiger partial charge in [-0.05, 0) is 12.0 Å². The molecule has 6 nitrogen and oxygen atoms in total. The van der Waals surface area contributed by atoms with E-state index in [4.69, 9.17) is 4.74 Å². The van der Waals surface area contributed by atoms with Crippen molar-refractivity contribution in [1.82, 2.24) is 9.97 Å². The molecule has 1 aliphatic heterocycles. The van der Waals surface area contributed by atoms with E-state index < -0.39 is 5.92 Å². The number of rotatable bonds is 1. The van der Waals surface area contributed by atoms with Gasteiger partial charge in [0.1, 0.15) is 11.6 Å². The monoisotopic (exact) mass is 372 g/mol. The normalized spacial score (nSPS) is 23.8. The highest BCUT2D eigenvalue weighted by molar-refractivity contribution is 6.27. The van der Waals surface area contributed by atoms with Crippen molar-refractivity contribution in [2.24, 2.45) is 5.92 Å².